The molecule has 5 N–H and O–H groups in total. The van der Waals surface area contributed by atoms with Crippen LogP contribution in [-0.4, -0.2) is 110 Å². The van der Waals surface area contributed by atoms with Crippen LogP contribution in [0.5, 0.6) is 0 Å². The van der Waals surface area contributed by atoms with E-state index in [9.17, 15) is 44.4 Å². The van der Waals surface area contributed by atoms with Crippen molar-refractivity contribution in [1.29, 1.82) is 0 Å². The SMILES string of the molecule is CC(=O)O[C@@]12COC1C[C@H](O)[C@@]1(C)C(=O)[C@H](O)C3=C(C)[C@@H](OC(=O)[C@H](O)[C@H](NC(=O)OC(C)(C)C)c4ccccc4)C[C@@](O)([C@@H](OC(=O)c4ccccc4)[C@@H]12)C3(C)C. The molecule has 0 aromatic heterocycles. The number of alkyl carbamates (subject to hydrolysis) is 1. The average molecular weight is 808 g/mol. The van der Waals surface area contributed by atoms with Crippen LogP contribution in [0.1, 0.15) is 90.2 Å². The van der Waals surface area contributed by atoms with Crippen LogP contribution in [0.4, 0.5) is 4.79 Å². The zero-order valence-corrected chi connectivity index (χ0v) is 33.9. The molecule has 58 heavy (non-hydrogen) atoms. The number of ketones is 1. The van der Waals surface area contributed by atoms with E-state index in [0.29, 0.717) is 5.56 Å². The topological polar surface area (TPSA) is 224 Å². The van der Waals surface area contributed by atoms with Gasteiger partial charge in [-0.1, -0.05) is 62.4 Å². The number of fused-ring (bicyclic) bond motifs is 5. The van der Waals surface area contributed by atoms with Gasteiger partial charge in [0.05, 0.1) is 35.6 Å². The number of hydrogen-bond acceptors (Lipinski definition) is 14. The Balaban J connectivity index is 1.49. The molecule has 2 aromatic rings. The van der Waals surface area contributed by atoms with Crippen molar-refractivity contribution < 1.29 is 68.1 Å². The maximum Gasteiger partial charge on any atom is 0.408 e. The van der Waals surface area contributed by atoms with Crippen LogP contribution >= 0.6 is 0 Å². The van der Waals surface area contributed by atoms with Gasteiger partial charge < -0.3 is 49.4 Å². The van der Waals surface area contributed by atoms with E-state index in [1.54, 1.807) is 83.1 Å². The van der Waals surface area contributed by atoms with E-state index in [4.69, 9.17) is 23.7 Å². The highest BCUT2D eigenvalue weighted by Crippen LogP contribution is 2.64. The number of nitrogens with one attached hydrogen (secondary N) is 1. The van der Waals surface area contributed by atoms with Crippen molar-refractivity contribution >= 4 is 29.8 Å². The van der Waals surface area contributed by atoms with Crippen LogP contribution in [0, 0.1) is 16.7 Å². The number of aliphatic hydroxyl groups excluding tert-OH is 3. The first-order chi connectivity index (χ1) is 27.0. The second-order valence-electron chi connectivity index (χ2n) is 17.6. The number of esters is 3. The van der Waals surface area contributed by atoms with Gasteiger partial charge in [0.2, 0.25) is 0 Å². The first-order valence-corrected chi connectivity index (χ1v) is 19.3. The molecule has 1 saturated heterocycles. The standard InChI is InChI=1S/C43H53NO14/c1-22-26(55-37(51)32(48)30(24-15-11-9-12-16-24)44-38(52)58-39(3,4)5)20-43(53)35(56-36(50)25-17-13-10-14-18-25)33-41(8,34(49)31(47)29(22)40(43,6)7)27(46)19-28-42(33,21-54-28)57-23(2)45/h9-18,26-28,30-33,35,46-48,53H,19-21H2,1-8H3,(H,44,52)/t26-,27-,28?,30+,31+,32+,33-,35-,41+,42-,43+/m0/s1. The largest absolute Gasteiger partial charge is 0.456 e. The van der Waals surface area contributed by atoms with Crippen molar-refractivity contribution in [3.8, 4) is 0 Å². The number of aliphatic hydroxyl groups is 4. The lowest BCUT2D eigenvalue weighted by atomic mass is 9.44. The summed E-state index contributed by atoms with van der Waals surface area (Å²) in [6.07, 6.45) is -11.5. The lowest BCUT2D eigenvalue weighted by Crippen LogP contribution is -2.81. The van der Waals surface area contributed by atoms with Gasteiger partial charge in [0.1, 0.15) is 35.6 Å². The molecule has 1 heterocycles. The lowest BCUT2D eigenvalue weighted by Gasteiger charge is -2.67. The minimum Gasteiger partial charge on any atom is -0.456 e. The number of carbonyl (C=O) groups is 5. The van der Waals surface area contributed by atoms with Gasteiger partial charge in [-0.3, -0.25) is 9.59 Å². The third kappa shape index (κ3) is 7.10. The predicted octanol–water partition coefficient (Wildman–Crippen LogP) is 3.26. The Labute approximate surface area is 336 Å². The fourth-order valence-electron chi connectivity index (χ4n) is 9.56. The molecule has 6 rings (SSSR count). The molecule has 0 radical (unpaired) electrons. The Morgan fingerprint density at radius 3 is 2.10 bits per heavy atom. The Bertz CT molecular complexity index is 1980. The number of carbonyl (C=O) groups excluding carboxylic acids is 5. The van der Waals surface area contributed by atoms with Gasteiger partial charge in [-0.05, 0) is 63.5 Å². The van der Waals surface area contributed by atoms with Gasteiger partial charge in [0.25, 0.3) is 0 Å². The molecule has 1 aliphatic heterocycles. The summed E-state index contributed by atoms with van der Waals surface area (Å²) in [5.74, 6) is -5.36. The monoisotopic (exact) mass is 807 g/mol. The van der Waals surface area contributed by atoms with Crippen LogP contribution in [0.25, 0.3) is 0 Å². The summed E-state index contributed by atoms with van der Waals surface area (Å²) in [6.45, 7) is 11.8. The molecule has 2 bridgehead atoms. The maximum atomic E-state index is 14.9. The fraction of sp³-hybridized carbons (Fsp3) is 0.558. The normalized spacial score (nSPS) is 33.7. The molecule has 314 valence electrons. The minimum absolute atomic E-state index is 0.0637. The van der Waals surface area contributed by atoms with Crippen LogP contribution < -0.4 is 5.32 Å². The van der Waals surface area contributed by atoms with Crippen LogP contribution in [0.15, 0.2) is 71.8 Å². The second kappa shape index (κ2) is 15.2. The number of amides is 1. The second-order valence-corrected chi connectivity index (χ2v) is 17.6. The van der Waals surface area contributed by atoms with Gasteiger partial charge in [-0.2, -0.15) is 0 Å². The maximum absolute atomic E-state index is 14.9. The Hall–Kier alpha value is -4.67. The molecule has 3 aliphatic carbocycles. The van der Waals surface area contributed by atoms with E-state index < -0.39 is 112 Å². The van der Waals surface area contributed by atoms with Crippen molar-refractivity contribution in [2.24, 2.45) is 16.7 Å². The van der Waals surface area contributed by atoms with Gasteiger partial charge in [-0.25, -0.2) is 14.4 Å². The summed E-state index contributed by atoms with van der Waals surface area (Å²) in [5.41, 5.74) is -8.14. The van der Waals surface area contributed by atoms with Gasteiger partial charge in [-0.15, -0.1) is 0 Å². The summed E-state index contributed by atoms with van der Waals surface area (Å²) in [6, 6.07) is 14.6. The highest BCUT2D eigenvalue weighted by atomic mass is 16.6. The molecule has 0 spiro atoms. The van der Waals surface area contributed by atoms with E-state index >= 15 is 0 Å². The third-order valence-electron chi connectivity index (χ3n) is 12.6. The smallest absolute Gasteiger partial charge is 0.408 e. The average Bonchev–Trinajstić information content (AvgIpc) is 3.14. The molecule has 15 heteroatoms. The van der Waals surface area contributed by atoms with E-state index in [1.165, 1.54) is 26.0 Å². The van der Waals surface area contributed by atoms with Gasteiger partial charge in [0, 0.05) is 25.2 Å². The van der Waals surface area contributed by atoms with Gasteiger partial charge >= 0.3 is 24.0 Å². The Kier molecular flexibility index (Phi) is 11.2. The van der Waals surface area contributed by atoms with Crippen LogP contribution in [0.3, 0.4) is 0 Å². The van der Waals surface area contributed by atoms with Crippen molar-refractivity contribution in [2.75, 3.05) is 6.61 Å². The molecular formula is C43H53NO14. The van der Waals surface area contributed by atoms with Crippen molar-refractivity contribution in [1.82, 2.24) is 5.32 Å². The number of Topliss-reactive ketones (excluding diaryl/α,β-unsaturated/α-hetero) is 1. The van der Waals surface area contributed by atoms with E-state index in [2.05, 4.69) is 5.32 Å². The van der Waals surface area contributed by atoms with Crippen molar-refractivity contribution in [3.63, 3.8) is 0 Å². The highest BCUT2D eigenvalue weighted by Gasteiger charge is 2.78. The molecule has 11 atom stereocenters. The molecule has 15 nitrogen and oxygen atoms in total. The van der Waals surface area contributed by atoms with Crippen LogP contribution in [0.2, 0.25) is 0 Å². The summed E-state index contributed by atoms with van der Waals surface area (Å²) >= 11 is 0. The summed E-state index contributed by atoms with van der Waals surface area (Å²) in [7, 11) is 0. The molecule has 4 aliphatic rings. The molecule has 2 saturated carbocycles. The summed E-state index contributed by atoms with van der Waals surface area (Å²) < 4.78 is 29.5. The Morgan fingerprint density at radius 1 is 0.948 bits per heavy atom. The van der Waals surface area contributed by atoms with Gasteiger partial charge in [0.15, 0.2) is 17.5 Å². The zero-order chi connectivity index (χ0) is 42.7. The van der Waals surface area contributed by atoms with Crippen molar-refractivity contribution in [3.05, 3.63) is 82.9 Å². The quantitative estimate of drug-likeness (QED) is 0.147. The summed E-state index contributed by atoms with van der Waals surface area (Å²) in [5, 5.41) is 51.6. The number of benzene rings is 2. The molecule has 1 amide bonds. The fourth-order valence-corrected chi connectivity index (χ4v) is 9.56. The molecule has 1 unspecified atom stereocenters. The summed E-state index contributed by atoms with van der Waals surface area (Å²) in [4.78, 5) is 68.9. The number of hydrogen-bond donors (Lipinski definition) is 5. The van der Waals surface area contributed by atoms with E-state index in [0.717, 1.165) is 6.92 Å². The minimum atomic E-state index is -2.35. The highest BCUT2D eigenvalue weighted by molar-refractivity contribution is 5.94. The molecule has 3 fully saturated rings. The van der Waals surface area contributed by atoms with E-state index in [1.807, 2.05) is 0 Å². The third-order valence-corrected chi connectivity index (χ3v) is 12.6. The van der Waals surface area contributed by atoms with E-state index in [-0.39, 0.29) is 29.7 Å². The lowest BCUT2D eigenvalue weighted by molar-refractivity contribution is -0.346. The Morgan fingerprint density at radius 2 is 1.55 bits per heavy atom. The first-order valence-electron chi connectivity index (χ1n) is 19.3. The number of rotatable bonds is 8. The van der Waals surface area contributed by atoms with Crippen LogP contribution in [-0.2, 0) is 38.1 Å². The zero-order valence-electron chi connectivity index (χ0n) is 33.9. The number of ether oxygens (including phenoxy) is 5. The molecule has 2 aromatic carbocycles. The van der Waals surface area contributed by atoms with Crippen molar-refractivity contribution in [2.45, 2.75) is 128 Å². The first kappa shape index (κ1) is 42.9. The predicted molar refractivity (Wildman–Crippen MR) is 204 cm³/mol. The molecular weight excluding hydrogens is 754 g/mol.